The first-order chi connectivity index (χ1) is 19.3. The summed E-state index contributed by atoms with van der Waals surface area (Å²) in [5.74, 6) is -1.35. The first-order valence-corrected chi connectivity index (χ1v) is 14.9. The number of oxime groups is 1. The molecule has 3 aromatic rings. The lowest BCUT2D eigenvalue weighted by molar-refractivity contribution is -0.662. The molecule has 2 aliphatic rings. The number of nitrogen functional groups attached to an aromatic ring is 1. The van der Waals surface area contributed by atoms with Crippen LogP contribution in [0, 0.1) is 0 Å². The van der Waals surface area contributed by atoms with Gasteiger partial charge in [0.15, 0.2) is 17.0 Å². The number of nitrogens with one attached hydrogen (secondary N) is 1. The Morgan fingerprint density at radius 2 is 2.23 bits per heavy atom. The normalized spacial score (nSPS) is 19.0. The van der Waals surface area contributed by atoms with Crippen LogP contribution >= 0.6 is 34.9 Å². The molecule has 2 amide bonds. The SMILES string of the molecule is CO/N=C(\C(=O)N[C@@H]1C(=O)N2C(C(=O)O)=C(C[n+]3ccn4nc(SCCCO)ccc43)CS[C@H]12)c1csc(N)n1. The Morgan fingerprint density at radius 1 is 1.40 bits per heavy atom. The van der Waals surface area contributed by atoms with Gasteiger partial charge in [0.1, 0.15) is 47.7 Å². The molecule has 2 atom stereocenters. The first kappa shape index (κ1) is 27.9. The van der Waals surface area contributed by atoms with Gasteiger partial charge in [-0.2, -0.15) is 0 Å². The average molecular weight is 606 g/mol. The number of nitrogens with two attached hydrogens (primary N) is 1. The third kappa shape index (κ3) is 5.36. The monoisotopic (exact) mass is 605 g/mol. The summed E-state index contributed by atoms with van der Waals surface area (Å²) in [6.07, 6.45) is 4.25. The van der Waals surface area contributed by atoms with Crippen molar-refractivity contribution in [1.82, 2.24) is 24.8 Å². The summed E-state index contributed by atoms with van der Waals surface area (Å²) in [5.41, 5.74) is 6.95. The number of amides is 2. The van der Waals surface area contributed by atoms with Crippen molar-refractivity contribution in [3.8, 4) is 0 Å². The maximum atomic E-state index is 13.1. The van der Waals surface area contributed by atoms with Crippen molar-refractivity contribution in [2.75, 3.05) is 31.0 Å². The zero-order valence-electron chi connectivity index (χ0n) is 21.1. The molecule has 2 aliphatic heterocycles. The van der Waals surface area contributed by atoms with E-state index in [1.165, 1.54) is 35.5 Å². The highest BCUT2D eigenvalue weighted by Gasteiger charge is 2.54. The number of aliphatic carboxylic acids is 1. The van der Waals surface area contributed by atoms with Gasteiger partial charge in [-0.15, -0.1) is 39.4 Å². The fourth-order valence-electron chi connectivity index (χ4n) is 4.33. The number of anilines is 1. The van der Waals surface area contributed by atoms with Gasteiger partial charge in [-0.1, -0.05) is 10.3 Å². The van der Waals surface area contributed by atoms with Gasteiger partial charge in [-0.3, -0.25) is 14.5 Å². The average Bonchev–Trinajstić information content (AvgIpc) is 3.55. The number of carboxylic acid groups (broad SMARTS) is 1. The number of carbonyl (C=O) groups excluding carboxylic acids is 2. The van der Waals surface area contributed by atoms with Crippen molar-refractivity contribution < 1.29 is 34.0 Å². The summed E-state index contributed by atoms with van der Waals surface area (Å²) in [4.78, 5) is 48.4. The molecular formula is C23H25N8O6S3+. The Bertz CT molecular complexity index is 1540. The number of carboxylic acids is 1. The van der Waals surface area contributed by atoms with E-state index in [0.29, 0.717) is 17.7 Å². The number of β-lactam (4-membered cyclic amide) rings is 1. The van der Waals surface area contributed by atoms with Crippen LogP contribution in [0.4, 0.5) is 5.13 Å². The molecule has 0 bridgehead atoms. The minimum Gasteiger partial charge on any atom is -0.477 e. The molecule has 0 saturated carbocycles. The third-order valence-electron chi connectivity index (χ3n) is 6.11. The number of carbonyl (C=O) groups is 3. The minimum atomic E-state index is -1.22. The van der Waals surface area contributed by atoms with Crippen LogP contribution < -0.4 is 15.6 Å². The molecule has 0 spiro atoms. The summed E-state index contributed by atoms with van der Waals surface area (Å²) in [6, 6.07) is 2.82. The highest BCUT2D eigenvalue weighted by Crippen LogP contribution is 2.40. The fourth-order valence-corrected chi connectivity index (χ4v) is 7.01. The molecule has 1 fully saturated rings. The van der Waals surface area contributed by atoms with Crippen molar-refractivity contribution >= 4 is 69.1 Å². The topological polar surface area (TPSA) is 189 Å². The number of hydrogen-bond acceptors (Lipinski definition) is 12. The van der Waals surface area contributed by atoms with Gasteiger partial charge in [-0.25, -0.2) is 14.3 Å². The van der Waals surface area contributed by atoms with Crippen molar-refractivity contribution in [1.29, 1.82) is 0 Å². The maximum absolute atomic E-state index is 13.1. The highest BCUT2D eigenvalue weighted by atomic mass is 32.2. The highest BCUT2D eigenvalue weighted by molar-refractivity contribution is 8.00. The number of rotatable bonds is 11. The van der Waals surface area contributed by atoms with Crippen LogP contribution in [0.15, 0.2) is 51.4 Å². The number of thiazole rings is 1. The van der Waals surface area contributed by atoms with Gasteiger partial charge in [0.2, 0.25) is 0 Å². The number of aromatic nitrogens is 4. The van der Waals surface area contributed by atoms with Crippen molar-refractivity contribution in [2.45, 2.75) is 29.4 Å². The second-order valence-corrected chi connectivity index (χ2v) is 11.7. The Morgan fingerprint density at radius 3 is 2.92 bits per heavy atom. The molecular weight excluding hydrogens is 581 g/mol. The van der Waals surface area contributed by atoms with E-state index in [4.69, 9.17) is 15.7 Å². The largest absolute Gasteiger partial charge is 0.477 e. The fraction of sp³-hybridized carbons (Fsp3) is 0.348. The van der Waals surface area contributed by atoms with Gasteiger partial charge in [0.25, 0.3) is 11.8 Å². The molecule has 0 aromatic carbocycles. The van der Waals surface area contributed by atoms with Gasteiger partial charge in [0.05, 0.1) is 0 Å². The molecule has 14 nitrogen and oxygen atoms in total. The Balaban J connectivity index is 1.33. The van der Waals surface area contributed by atoms with Gasteiger partial charge in [-0.05, 0) is 12.5 Å². The van der Waals surface area contributed by atoms with Gasteiger partial charge in [0, 0.05) is 35.1 Å². The Hall–Kier alpha value is -3.67. The molecule has 210 valence electrons. The lowest BCUT2D eigenvalue weighted by Gasteiger charge is -2.49. The van der Waals surface area contributed by atoms with Crippen LogP contribution in [0.3, 0.4) is 0 Å². The van der Waals surface area contributed by atoms with E-state index in [-0.39, 0.29) is 35.4 Å². The Kier molecular flexibility index (Phi) is 8.24. The number of aliphatic hydroxyl groups excluding tert-OH is 1. The number of fused-ring (bicyclic) bond motifs is 2. The molecule has 0 unspecified atom stereocenters. The number of thioether (sulfide) groups is 2. The maximum Gasteiger partial charge on any atom is 0.352 e. The molecule has 0 radical (unpaired) electrons. The van der Waals surface area contributed by atoms with E-state index in [0.717, 1.165) is 27.8 Å². The summed E-state index contributed by atoms with van der Waals surface area (Å²) in [5, 5.41) is 32.0. The predicted octanol–water partition coefficient (Wildman–Crippen LogP) is -0.0757. The molecule has 40 heavy (non-hydrogen) atoms. The van der Waals surface area contributed by atoms with E-state index in [1.54, 1.807) is 22.3 Å². The summed E-state index contributed by atoms with van der Waals surface area (Å²) in [7, 11) is 1.28. The molecule has 5 rings (SSSR count). The van der Waals surface area contributed by atoms with E-state index in [9.17, 15) is 19.5 Å². The van der Waals surface area contributed by atoms with E-state index >= 15 is 0 Å². The number of hydrogen-bond donors (Lipinski definition) is 4. The standard InChI is InChI=1S/C23H24N8O6S3/c1-37-28-16(13-11-40-23(24)25-13)19(33)26-17-20(34)31-18(22(35)36)12(10-39-21(17)31)9-29-5-6-30-15(29)4-3-14(27-30)38-8-2-7-32/h3-6,11,17,21,32H,2,7-10H2,1H3,(H3-,24,25,26,33,35,36)/p+1/b28-16-/t17-,21-/m1/s1. The van der Waals surface area contributed by atoms with Crippen LogP contribution in [0.5, 0.6) is 0 Å². The lowest BCUT2D eigenvalue weighted by Crippen LogP contribution is -2.71. The van der Waals surface area contributed by atoms with Crippen molar-refractivity contribution in [2.24, 2.45) is 5.16 Å². The van der Waals surface area contributed by atoms with Crippen LogP contribution in [0.2, 0.25) is 0 Å². The Labute approximate surface area is 239 Å². The van der Waals surface area contributed by atoms with Crippen LogP contribution in [-0.4, -0.2) is 89.8 Å². The van der Waals surface area contributed by atoms with E-state index < -0.39 is 29.2 Å². The van der Waals surface area contributed by atoms with Crippen molar-refractivity contribution in [3.05, 3.63) is 46.9 Å². The number of aliphatic hydroxyl groups is 1. The minimum absolute atomic E-state index is 0.0895. The molecule has 3 aromatic heterocycles. The molecule has 5 N–H and O–H groups in total. The van der Waals surface area contributed by atoms with Crippen LogP contribution in [-0.2, 0) is 25.8 Å². The van der Waals surface area contributed by atoms with E-state index in [2.05, 4.69) is 20.6 Å². The third-order valence-corrected chi connectivity index (χ3v) is 9.13. The first-order valence-electron chi connectivity index (χ1n) is 12.0. The van der Waals surface area contributed by atoms with Gasteiger partial charge < -0.3 is 26.1 Å². The molecule has 17 heteroatoms. The van der Waals surface area contributed by atoms with Crippen molar-refractivity contribution in [3.63, 3.8) is 0 Å². The second kappa shape index (κ2) is 11.8. The molecule has 0 aliphatic carbocycles. The smallest absolute Gasteiger partial charge is 0.352 e. The molecule has 1 saturated heterocycles. The predicted molar refractivity (Wildman–Crippen MR) is 148 cm³/mol. The van der Waals surface area contributed by atoms with Crippen LogP contribution in [0.1, 0.15) is 12.1 Å². The summed E-state index contributed by atoms with van der Waals surface area (Å²) < 4.78 is 3.57. The number of imidazole rings is 1. The lowest BCUT2D eigenvalue weighted by atomic mass is 10.0. The molecule has 5 heterocycles. The quantitative estimate of drug-likeness (QED) is 0.0572. The second-order valence-electron chi connectivity index (χ2n) is 8.64. The summed E-state index contributed by atoms with van der Waals surface area (Å²) in [6.45, 7) is 0.365. The zero-order chi connectivity index (χ0) is 28.4. The number of nitrogens with zero attached hydrogens (tertiary/aromatic N) is 6. The van der Waals surface area contributed by atoms with Gasteiger partial charge >= 0.3 is 11.6 Å². The summed E-state index contributed by atoms with van der Waals surface area (Å²) >= 11 is 4.03. The van der Waals surface area contributed by atoms with E-state index in [1.807, 2.05) is 16.7 Å². The van der Waals surface area contributed by atoms with Crippen LogP contribution in [0.25, 0.3) is 5.65 Å². The zero-order valence-corrected chi connectivity index (χ0v) is 23.5.